The number of esters is 2. The molecule has 0 heterocycles. The Balaban J connectivity index is 0.000000856. The van der Waals surface area contributed by atoms with Crippen LogP contribution in [0, 0.1) is 11.6 Å². The smallest absolute Gasteiger partial charge is 0.466 e. The van der Waals surface area contributed by atoms with Gasteiger partial charge in [0.05, 0.1) is 21.3 Å². The largest absolute Gasteiger partial charge is 1.00 e. The van der Waals surface area contributed by atoms with Gasteiger partial charge in [0.2, 0.25) is 0 Å². The number of benzene rings is 4. The van der Waals surface area contributed by atoms with Crippen LogP contribution in [0.2, 0.25) is 0 Å². The summed E-state index contributed by atoms with van der Waals surface area (Å²) in [5.41, 5.74) is 3.54. The topological polar surface area (TPSA) is 77.0 Å². The Kier molecular flexibility index (Phi) is 17.2. The van der Waals surface area contributed by atoms with Gasteiger partial charge in [-0.05, 0) is 77.9 Å². The third-order valence-corrected chi connectivity index (χ3v) is 6.64. The molecule has 4 aromatic rings. The summed E-state index contributed by atoms with van der Waals surface area (Å²) < 4.78 is 70.0. The van der Waals surface area contributed by atoms with E-state index in [0.717, 1.165) is 11.1 Å². The van der Waals surface area contributed by atoms with E-state index < -0.39 is 32.5 Å². The number of carbonyl (C=O) groups is 2. The van der Waals surface area contributed by atoms with Crippen LogP contribution in [0.25, 0.3) is 12.2 Å². The second kappa shape index (κ2) is 23.1. The fourth-order valence-electron chi connectivity index (χ4n) is 3.44. The Morgan fingerprint density at radius 2 is 1.43 bits per heavy atom. The van der Waals surface area contributed by atoms with Crippen molar-refractivity contribution in [3.05, 3.63) is 140 Å². The maximum Gasteiger partial charge on any atom is 1.00 e. The molecule has 0 amide bonds. The van der Waals surface area contributed by atoms with Crippen molar-refractivity contribution in [2.75, 3.05) is 19.5 Å². The monoisotopic (exact) mass is 783 g/mol. The summed E-state index contributed by atoms with van der Waals surface area (Å²) in [7, 11) is -0.373. The first-order chi connectivity index (χ1) is 23.6. The number of hydrogen-bond donors (Lipinski definition) is 1. The maximum atomic E-state index is 13.9. The van der Waals surface area contributed by atoms with E-state index in [-0.39, 0.29) is 48.4 Å². The van der Waals surface area contributed by atoms with E-state index in [0.29, 0.717) is 25.9 Å². The van der Waals surface area contributed by atoms with Crippen LogP contribution >= 0.6 is 31.9 Å². The number of anilines is 1. The molecule has 1 unspecified atom stereocenters. The molecule has 0 saturated carbocycles. The van der Waals surface area contributed by atoms with Crippen molar-refractivity contribution < 1.29 is 58.8 Å². The molecule has 0 aliphatic carbocycles. The van der Waals surface area contributed by atoms with E-state index >= 15 is 0 Å². The minimum absolute atomic E-state index is 0. The fourth-order valence-corrected chi connectivity index (χ4v) is 4.10. The quantitative estimate of drug-likeness (QED) is 0.111. The Morgan fingerprint density at radius 1 is 0.872 bits per heavy atom. The number of carbonyl (C=O) groups excluding carboxylic acids is 2. The first-order valence-corrected chi connectivity index (χ1v) is 14.5. The number of halogens is 4. The molecular weight excluding hydrogens is 744 g/mol. The normalized spacial score (nSPS) is 12.6. The molecule has 242 valence electrons. The van der Waals surface area contributed by atoms with Gasteiger partial charge < -0.3 is 14.8 Å². The SMILES string of the molecule is C.COC(=O)/C=C/c1cccc(N=Cc2ccc(Br)cc2F)c1.[2H]C(Nc1cccc(/C=C/C(=O)OC)c1)c1ccc(Br)cc1F.[2H][B-]([2H])([2H])[2H].[Na+]. The molecule has 6 nitrogen and oxygen atoms in total. The van der Waals surface area contributed by atoms with Gasteiger partial charge in [-0.2, -0.15) is 0 Å². The molecular formula is C35H36BBr2F2N2NaO4. The molecule has 0 saturated heterocycles. The molecule has 12 heteroatoms. The van der Waals surface area contributed by atoms with Crippen molar-refractivity contribution in [2.24, 2.45) is 4.99 Å². The predicted molar refractivity (Wildman–Crippen MR) is 196 cm³/mol. The zero-order valence-corrected chi connectivity index (χ0v) is 30.4. The number of aliphatic imine (C=N–C) groups is 1. The van der Waals surface area contributed by atoms with E-state index in [9.17, 15) is 18.4 Å². The van der Waals surface area contributed by atoms with Crippen LogP contribution in [-0.4, -0.2) is 46.0 Å². The van der Waals surface area contributed by atoms with Gasteiger partial charge in [0.1, 0.15) is 11.6 Å². The van der Waals surface area contributed by atoms with Crippen LogP contribution in [-0.2, 0) is 25.6 Å². The molecule has 0 aliphatic rings. The van der Waals surface area contributed by atoms with Gasteiger partial charge in [-0.1, -0.05) is 77.9 Å². The van der Waals surface area contributed by atoms with Crippen LogP contribution in [0.15, 0.2) is 111 Å². The Morgan fingerprint density at radius 3 is 2.00 bits per heavy atom. The first-order valence-electron chi connectivity index (χ1n) is 15.8. The number of methoxy groups -OCH3 is 2. The van der Waals surface area contributed by atoms with E-state index in [1.54, 1.807) is 66.7 Å². The van der Waals surface area contributed by atoms with Gasteiger partial charge in [0.15, 0.2) is 0 Å². The summed E-state index contributed by atoms with van der Waals surface area (Å²) in [5, 5.41) is 2.92. The van der Waals surface area contributed by atoms with Crippen molar-refractivity contribution in [3.63, 3.8) is 0 Å². The second-order valence-electron chi connectivity index (χ2n) is 8.81. The minimum Gasteiger partial charge on any atom is -0.466 e. The second-order valence-corrected chi connectivity index (χ2v) is 10.6. The van der Waals surface area contributed by atoms with E-state index in [2.05, 4.69) is 51.6 Å². The van der Waals surface area contributed by atoms with Crippen molar-refractivity contribution in [2.45, 2.75) is 13.9 Å². The van der Waals surface area contributed by atoms with Crippen LogP contribution in [0.3, 0.4) is 0 Å². The van der Waals surface area contributed by atoms with Crippen molar-refractivity contribution in [3.8, 4) is 0 Å². The van der Waals surface area contributed by atoms with E-state index in [1.165, 1.54) is 44.7 Å². The Bertz CT molecular complexity index is 1850. The first kappa shape index (κ1) is 35.0. The zero-order chi connectivity index (χ0) is 37.3. The van der Waals surface area contributed by atoms with Gasteiger partial charge in [-0.25, -0.2) is 23.7 Å². The molecule has 1 N–H and O–H groups in total. The predicted octanol–water partition coefficient (Wildman–Crippen LogP) is 5.10. The average Bonchev–Trinajstić information content (AvgIpc) is 3.05. The van der Waals surface area contributed by atoms with Gasteiger partial charge in [-0.15, -0.1) is 0 Å². The number of ether oxygens (including phenoxy) is 2. The zero-order valence-electron chi connectivity index (χ0n) is 30.2. The Hall–Kier alpha value is -3.35. The average molecular weight is 785 g/mol. The van der Waals surface area contributed by atoms with Gasteiger partial charge in [0, 0.05) is 50.6 Å². The van der Waals surface area contributed by atoms with Crippen LogP contribution in [0.1, 0.15) is 31.1 Å². The molecule has 0 aromatic heterocycles. The van der Waals surface area contributed by atoms with E-state index in [4.69, 9.17) is 6.71 Å². The summed E-state index contributed by atoms with van der Waals surface area (Å²) in [4.78, 5) is 26.4. The number of rotatable bonds is 9. The minimum atomic E-state index is -3.00. The molecule has 4 rings (SSSR count). The maximum absolute atomic E-state index is 13.9. The summed E-state index contributed by atoms with van der Waals surface area (Å²) in [5.74, 6) is -1.67. The molecule has 1 atom stereocenters. The Labute approximate surface area is 322 Å². The number of nitrogens with one attached hydrogen (secondary N) is 1. The standard InChI is InChI=1S/C17H15BrFNO2.C17H13BrFNO2.CH4.BH4.Na/c2*1-22-17(21)8-5-12-3-2-4-15(9-12)20-11-13-6-7-14(18)10-16(13)19;;;/h2-10,20H,11H2,1H3;2-11H,1H3;2*1H4;/q;;;-1;+1/b8-5+;8-5+,20-11?;;;/i11D;;;1D4;. The molecule has 0 radical (unpaired) electrons. The van der Waals surface area contributed by atoms with Crippen LogP contribution in [0.4, 0.5) is 20.2 Å². The van der Waals surface area contributed by atoms with E-state index in [1.807, 2.05) is 18.2 Å². The fraction of sp³-hybridized carbons (Fsp3) is 0.114. The number of hydrogen-bond acceptors (Lipinski definition) is 6. The van der Waals surface area contributed by atoms with Gasteiger partial charge in [-0.3, -0.25) is 4.99 Å². The van der Waals surface area contributed by atoms with Crippen molar-refractivity contribution in [1.82, 2.24) is 0 Å². The van der Waals surface area contributed by atoms with Gasteiger partial charge >= 0.3 is 41.5 Å². The number of nitrogens with zero attached hydrogens (tertiary/aromatic N) is 1. The van der Waals surface area contributed by atoms with Crippen LogP contribution < -0.4 is 34.9 Å². The van der Waals surface area contributed by atoms with Crippen molar-refractivity contribution in [1.29, 1.82) is 5.34 Å². The summed E-state index contributed by atoms with van der Waals surface area (Å²) in [6, 6.07) is 23.7. The molecule has 0 aliphatic heterocycles. The molecule has 47 heavy (non-hydrogen) atoms. The third kappa shape index (κ3) is 15.9. The molecule has 0 fully saturated rings. The molecule has 4 aromatic carbocycles. The van der Waals surface area contributed by atoms with Crippen molar-refractivity contribution >= 4 is 81.8 Å². The summed E-state index contributed by atoms with van der Waals surface area (Å²) >= 11 is 6.40. The molecule has 0 bridgehead atoms. The van der Waals surface area contributed by atoms with Crippen LogP contribution in [0.5, 0.6) is 0 Å². The molecule has 0 spiro atoms. The summed E-state index contributed by atoms with van der Waals surface area (Å²) in [6.45, 7) is -0.942. The third-order valence-electron chi connectivity index (χ3n) is 5.65. The van der Waals surface area contributed by atoms with Gasteiger partial charge in [0.25, 0.3) is 0 Å². The summed E-state index contributed by atoms with van der Waals surface area (Å²) in [6.07, 6.45) is 7.34.